The summed E-state index contributed by atoms with van der Waals surface area (Å²) in [6.45, 7) is 11.8. The van der Waals surface area contributed by atoms with Gasteiger partial charge in [-0.05, 0) is 33.6 Å². The van der Waals surface area contributed by atoms with Crippen LogP contribution in [0.25, 0.3) is 0 Å². The summed E-state index contributed by atoms with van der Waals surface area (Å²) >= 11 is 1.75. The summed E-state index contributed by atoms with van der Waals surface area (Å²) in [5, 5.41) is 4.54. The summed E-state index contributed by atoms with van der Waals surface area (Å²) < 4.78 is 5.62. The zero-order valence-electron chi connectivity index (χ0n) is 14.2. The van der Waals surface area contributed by atoms with Gasteiger partial charge in [-0.3, -0.25) is 0 Å². The maximum atomic E-state index is 5.62. The number of ether oxygens (including phenoxy) is 1. The molecule has 2 aliphatic rings. The molecule has 3 rings (SSSR count). The minimum absolute atomic E-state index is 0. The predicted octanol–water partition coefficient (Wildman–Crippen LogP) is 2.96. The van der Waals surface area contributed by atoms with E-state index in [2.05, 4.69) is 36.0 Å². The van der Waals surface area contributed by atoms with Crippen molar-refractivity contribution in [3.8, 4) is 0 Å². The van der Waals surface area contributed by atoms with E-state index in [4.69, 9.17) is 9.73 Å². The van der Waals surface area contributed by atoms with E-state index in [-0.39, 0.29) is 24.0 Å². The Hall–Kier alpha value is -0.410. The van der Waals surface area contributed by atoms with Gasteiger partial charge in [0.25, 0.3) is 0 Å². The van der Waals surface area contributed by atoms with Crippen molar-refractivity contribution in [1.82, 2.24) is 15.2 Å². The Morgan fingerprint density at radius 3 is 2.87 bits per heavy atom. The Morgan fingerprint density at radius 2 is 2.26 bits per heavy atom. The second kappa shape index (κ2) is 8.11. The van der Waals surface area contributed by atoms with Gasteiger partial charge in [0.15, 0.2) is 5.96 Å². The highest BCUT2D eigenvalue weighted by atomic mass is 127. The Balaban J connectivity index is 0.00000192. The average Bonchev–Trinajstić information content (AvgIpc) is 3.20. The van der Waals surface area contributed by atoms with Gasteiger partial charge in [0.05, 0.1) is 18.8 Å². The number of nitrogens with zero attached hydrogens (tertiary/aromatic N) is 3. The van der Waals surface area contributed by atoms with Gasteiger partial charge in [-0.1, -0.05) is 0 Å². The number of aryl methyl sites for hydroxylation is 2. The van der Waals surface area contributed by atoms with Crippen molar-refractivity contribution >= 4 is 41.3 Å². The molecule has 7 heteroatoms. The second-order valence-electron chi connectivity index (χ2n) is 6.39. The first-order chi connectivity index (χ1) is 10.6. The topological polar surface area (TPSA) is 49.8 Å². The average molecular weight is 450 g/mol. The van der Waals surface area contributed by atoms with E-state index in [1.165, 1.54) is 17.7 Å². The molecule has 1 N–H and O–H groups in total. The van der Waals surface area contributed by atoms with E-state index >= 15 is 0 Å². The summed E-state index contributed by atoms with van der Waals surface area (Å²) in [5.41, 5.74) is 1.49. The van der Waals surface area contributed by atoms with Gasteiger partial charge in [-0.25, -0.2) is 9.98 Å². The first-order valence-corrected chi connectivity index (χ1v) is 8.97. The minimum atomic E-state index is 0. The van der Waals surface area contributed by atoms with E-state index in [9.17, 15) is 0 Å². The van der Waals surface area contributed by atoms with Crippen molar-refractivity contribution in [3.63, 3.8) is 0 Å². The molecule has 2 saturated heterocycles. The maximum Gasteiger partial charge on any atom is 0.194 e. The number of hydrogen-bond donors (Lipinski definition) is 1. The van der Waals surface area contributed by atoms with E-state index in [0.717, 1.165) is 49.5 Å². The van der Waals surface area contributed by atoms with E-state index < -0.39 is 0 Å². The lowest BCUT2D eigenvalue weighted by molar-refractivity contribution is 0.156. The highest BCUT2D eigenvalue weighted by Gasteiger charge is 2.42. The van der Waals surface area contributed by atoms with Crippen molar-refractivity contribution in [2.45, 2.75) is 40.2 Å². The molecule has 5 nitrogen and oxygen atoms in total. The summed E-state index contributed by atoms with van der Waals surface area (Å²) in [4.78, 5) is 13.1. The van der Waals surface area contributed by atoms with Crippen LogP contribution in [0.2, 0.25) is 0 Å². The number of halogens is 1. The van der Waals surface area contributed by atoms with Crippen LogP contribution in [0, 0.1) is 19.3 Å². The molecule has 3 heterocycles. The van der Waals surface area contributed by atoms with Gasteiger partial charge in [-0.2, -0.15) is 0 Å². The molecular formula is C16H27IN4OS. The normalized spacial score (nSPS) is 24.3. The highest BCUT2D eigenvalue weighted by Crippen LogP contribution is 2.38. The smallest absolute Gasteiger partial charge is 0.194 e. The third-order valence-electron chi connectivity index (χ3n) is 4.69. The van der Waals surface area contributed by atoms with Crippen LogP contribution in [0.1, 0.15) is 35.3 Å². The lowest BCUT2D eigenvalue weighted by Gasteiger charge is -2.24. The fourth-order valence-corrected chi connectivity index (χ4v) is 4.12. The van der Waals surface area contributed by atoms with Crippen LogP contribution in [-0.4, -0.2) is 48.7 Å². The molecule has 0 amide bonds. The summed E-state index contributed by atoms with van der Waals surface area (Å²) in [6.07, 6.45) is 2.40. The predicted molar refractivity (Wildman–Crippen MR) is 106 cm³/mol. The first kappa shape index (κ1) is 18.9. The molecule has 2 aliphatic heterocycles. The molecule has 23 heavy (non-hydrogen) atoms. The van der Waals surface area contributed by atoms with Crippen molar-refractivity contribution in [2.75, 3.05) is 32.8 Å². The monoisotopic (exact) mass is 450 g/mol. The molecule has 0 saturated carbocycles. The van der Waals surface area contributed by atoms with Gasteiger partial charge >= 0.3 is 0 Å². The molecule has 1 aromatic heterocycles. The van der Waals surface area contributed by atoms with Gasteiger partial charge in [0.2, 0.25) is 0 Å². The summed E-state index contributed by atoms with van der Waals surface area (Å²) in [6, 6.07) is 0. The fourth-order valence-electron chi connectivity index (χ4n) is 3.26. The van der Waals surface area contributed by atoms with Crippen LogP contribution in [0.3, 0.4) is 0 Å². The fraction of sp³-hybridized carbons (Fsp3) is 0.750. The Kier molecular flexibility index (Phi) is 6.67. The first-order valence-electron chi connectivity index (χ1n) is 8.16. The number of thiazole rings is 1. The largest absolute Gasteiger partial charge is 0.381 e. The van der Waals surface area contributed by atoms with Crippen molar-refractivity contribution < 1.29 is 4.74 Å². The molecule has 130 valence electrons. The Bertz CT molecular complexity index is 535. The van der Waals surface area contributed by atoms with Crippen LogP contribution < -0.4 is 5.32 Å². The molecule has 0 radical (unpaired) electrons. The highest BCUT2D eigenvalue weighted by molar-refractivity contribution is 14.0. The van der Waals surface area contributed by atoms with Crippen molar-refractivity contribution in [3.05, 3.63) is 15.6 Å². The number of hydrogen-bond acceptors (Lipinski definition) is 4. The molecular weight excluding hydrogens is 423 g/mol. The minimum Gasteiger partial charge on any atom is -0.381 e. The maximum absolute atomic E-state index is 5.62. The zero-order chi connectivity index (χ0) is 15.6. The lowest BCUT2D eigenvalue weighted by atomic mass is 9.87. The van der Waals surface area contributed by atoms with Crippen LogP contribution in [-0.2, 0) is 11.3 Å². The molecule has 1 atom stereocenters. The van der Waals surface area contributed by atoms with Crippen LogP contribution in [0.4, 0.5) is 0 Å². The van der Waals surface area contributed by atoms with E-state index in [1.807, 2.05) is 0 Å². The Morgan fingerprint density at radius 1 is 1.43 bits per heavy atom. The third-order valence-corrected chi connectivity index (χ3v) is 5.75. The number of aromatic nitrogens is 1. The van der Waals surface area contributed by atoms with E-state index in [1.54, 1.807) is 11.3 Å². The van der Waals surface area contributed by atoms with Gasteiger partial charge in [0, 0.05) is 36.5 Å². The lowest BCUT2D eigenvalue weighted by Crippen LogP contribution is -2.41. The van der Waals surface area contributed by atoms with Crippen LogP contribution in [0.15, 0.2) is 4.99 Å². The van der Waals surface area contributed by atoms with Crippen molar-refractivity contribution in [2.24, 2.45) is 10.4 Å². The Labute approximate surface area is 159 Å². The molecule has 2 fully saturated rings. The number of guanidine groups is 1. The summed E-state index contributed by atoms with van der Waals surface area (Å²) in [5.74, 6) is 1.02. The van der Waals surface area contributed by atoms with Gasteiger partial charge in [-0.15, -0.1) is 35.3 Å². The van der Waals surface area contributed by atoms with Crippen LogP contribution in [0.5, 0.6) is 0 Å². The van der Waals surface area contributed by atoms with E-state index in [0.29, 0.717) is 12.0 Å². The van der Waals surface area contributed by atoms with Crippen molar-refractivity contribution in [1.29, 1.82) is 0 Å². The number of rotatable bonds is 3. The molecule has 1 aromatic rings. The number of likely N-dealkylation sites (tertiary alicyclic amines) is 1. The molecule has 0 bridgehead atoms. The second-order valence-corrected chi connectivity index (χ2v) is 7.68. The molecule has 1 spiro atoms. The molecule has 0 aliphatic carbocycles. The van der Waals surface area contributed by atoms with Gasteiger partial charge < -0.3 is 15.0 Å². The van der Waals surface area contributed by atoms with Gasteiger partial charge in [0.1, 0.15) is 5.01 Å². The molecule has 1 unspecified atom stereocenters. The zero-order valence-corrected chi connectivity index (χ0v) is 17.4. The SMILES string of the molecule is CCNC(=NCc1nc(C)c(C)s1)N1CCC2(CCOC2)C1.I. The number of aliphatic imine (C=N–C) groups is 1. The number of nitrogens with one attached hydrogen (secondary N) is 1. The third kappa shape index (κ3) is 4.36. The summed E-state index contributed by atoms with van der Waals surface area (Å²) in [7, 11) is 0. The van der Waals surface area contributed by atoms with Crippen LogP contribution >= 0.6 is 35.3 Å². The standard InChI is InChI=1S/C16H26N4OS.HI/c1-4-17-15(18-9-14-19-12(2)13(3)22-14)20-7-5-16(10-20)6-8-21-11-16;/h4-11H2,1-3H3,(H,17,18);1H. The molecule has 0 aromatic carbocycles. The quantitative estimate of drug-likeness (QED) is 0.437.